The number of benzene rings is 1. The standard InChI is InChI=1S/C10H4Cl3FN2O3/c11-3-1-5(13)6(2-4(3)12)16-9(18)7(14)8(17)15-10(16)19/h1-2,18H,(H,15,17,19). The Labute approximate surface area is 119 Å². The maximum atomic E-state index is 13.3. The maximum Gasteiger partial charge on any atom is 0.335 e. The summed E-state index contributed by atoms with van der Waals surface area (Å²) >= 11 is 17.3. The maximum absolute atomic E-state index is 13.3. The van der Waals surface area contributed by atoms with E-state index >= 15 is 0 Å². The lowest BCUT2D eigenvalue weighted by molar-refractivity contribution is 0.386. The Morgan fingerprint density at radius 1 is 1.11 bits per heavy atom. The van der Waals surface area contributed by atoms with Crippen LogP contribution >= 0.6 is 34.8 Å². The third-order valence-corrected chi connectivity index (χ3v) is 3.29. The van der Waals surface area contributed by atoms with Gasteiger partial charge in [0.2, 0.25) is 11.7 Å². The van der Waals surface area contributed by atoms with Crippen LogP contribution in [0.25, 0.3) is 5.69 Å². The van der Waals surface area contributed by atoms with Gasteiger partial charge in [-0.2, -0.15) is 4.39 Å². The molecule has 0 radical (unpaired) electrons. The first-order valence-corrected chi connectivity index (χ1v) is 5.85. The van der Waals surface area contributed by atoms with Crippen molar-refractivity contribution in [3.63, 3.8) is 0 Å². The van der Waals surface area contributed by atoms with Gasteiger partial charge in [0.25, 0.3) is 5.56 Å². The molecule has 19 heavy (non-hydrogen) atoms. The van der Waals surface area contributed by atoms with E-state index in [-0.39, 0.29) is 20.8 Å². The number of hydrogen-bond acceptors (Lipinski definition) is 3. The number of H-pyrrole nitrogens is 1. The van der Waals surface area contributed by atoms with Crippen LogP contribution in [-0.4, -0.2) is 14.7 Å². The fraction of sp³-hybridized carbons (Fsp3) is 0. The highest BCUT2D eigenvalue weighted by atomic mass is 35.5. The molecule has 1 aromatic carbocycles. The minimum Gasteiger partial charge on any atom is -0.492 e. The molecule has 1 heterocycles. The fourth-order valence-corrected chi connectivity index (χ4v) is 2.04. The lowest BCUT2D eigenvalue weighted by atomic mass is 10.3. The van der Waals surface area contributed by atoms with Crippen LogP contribution in [0.15, 0.2) is 21.7 Å². The zero-order valence-electron chi connectivity index (χ0n) is 8.88. The van der Waals surface area contributed by atoms with E-state index in [1.807, 2.05) is 0 Å². The molecule has 100 valence electrons. The third kappa shape index (κ3) is 2.34. The van der Waals surface area contributed by atoms with E-state index in [2.05, 4.69) is 0 Å². The molecule has 0 aliphatic carbocycles. The summed E-state index contributed by atoms with van der Waals surface area (Å²) < 4.78 is 13.8. The number of rotatable bonds is 1. The second-order valence-corrected chi connectivity index (χ2v) is 4.67. The number of aromatic amines is 1. The summed E-state index contributed by atoms with van der Waals surface area (Å²) in [6, 6.07) is 2.38. The highest BCUT2D eigenvalue weighted by molar-refractivity contribution is 6.43. The Kier molecular flexibility index (Phi) is 3.58. The first-order chi connectivity index (χ1) is 8.82. The predicted octanol–water partition coefficient (Wildman–Crippen LogP) is 2.33. The van der Waals surface area contributed by atoms with Crippen molar-refractivity contribution in [1.29, 1.82) is 0 Å². The molecule has 0 bridgehead atoms. The molecule has 1 aromatic heterocycles. The lowest BCUT2D eigenvalue weighted by Gasteiger charge is -2.10. The molecule has 9 heteroatoms. The summed E-state index contributed by atoms with van der Waals surface area (Å²) in [5.41, 5.74) is -2.52. The van der Waals surface area contributed by atoms with E-state index in [0.717, 1.165) is 6.07 Å². The van der Waals surface area contributed by atoms with Crippen LogP contribution in [0.4, 0.5) is 4.39 Å². The zero-order chi connectivity index (χ0) is 14.3. The monoisotopic (exact) mass is 324 g/mol. The Morgan fingerprint density at radius 2 is 1.68 bits per heavy atom. The van der Waals surface area contributed by atoms with Crippen LogP contribution in [0.3, 0.4) is 0 Å². The molecule has 0 fully saturated rings. The van der Waals surface area contributed by atoms with Gasteiger partial charge in [-0.15, -0.1) is 0 Å². The Hall–Kier alpha value is -1.50. The number of halogens is 4. The van der Waals surface area contributed by atoms with Gasteiger partial charge in [-0.1, -0.05) is 34.8 Å². The van der Waals surface area contributed by atoms with Crippen molar-refractivity contribution in [1.82, 2.24) is 9.55 Å². The van der Waals surface area contributed by atoms with Gasteiger partial charge >= 0.3 is 5.69 Å². The lowest BCUT2D eigenvalue weighted by Crippen LogP contribution is -2.31. The van der Waals surface area contributed by atoms with E-state index in [9.17, 15) is 19.1 Å². The molecule has 0 unspecified atom stereocenters. The van der Waals surface area contributed by atoms with Crippen molar-refractivity contribution in [3.8, 4) is 11.6 Å². The Morgan fingerprint density at radius 3 is 2.32 bits per heavy atom. The Balaban J connectivity index is 2.88. The molecular weight excluding hydrogens is 321 g/mol. The van der Waals surface area contributed by atoms with E-state index in [0.29, 0.717) is 4.57 Å². The molecule has 2 aromatic rings. The summed E-state index contributed by atoms with van der Waals surface area (Å²) in [6.07, 6.45) is 0. The number of nitrogens with one attached hydrogen (secondary N) is 1. The second kappa shape index (κ2) is 4.88. The number of aromatic nitrogens is 2. The molecule has 2 rings (SSSR count). The van der Waals surface area contributed by atoms with Crippen LogP contribution in [0.2, 0.25) is 15.1 Å². The van der Waals surface area contributed by atoms with Gasteiger partial charge in [0.1, 0.15) is 0 Å². The number of nitrogens with zero attached hydrogens (tertiary/aromatic N) is 1. The largest absolute Gasteiger partial charge is 0.492 e. The molecule has 0 saturated carbocycles. The van der Waals surface area contributed by atoms with Gasteiger partial charge in [-0.05, 0) is 12.1 Å². The van der Waals surface area contributed by atoms with Crippen LogP contribution in [0.5, 0.6) is 5.88 Å². The van der Waals surface area contributed by atoms with Crippen molar-refractivity contribution in [2.24, 2.45) is 0 Å². The molecule has 0 spiro atoms. The van der Waals surface area contributed by atoms with Crippen molar-refractivity contribution < 1.29 is 9.50 Å². The number of hydrogen-bond donors (Lipinski definition) is 2. The van der Waals surface area contributed by atoms with Gasteiger partial charge in [0, 0.05) is 0 Å². The minimum absolute atomic E-state index is 0.0407. The molecule has 0 saturated heterocycles. The molecule has 0 amide bonds. The van der Waals surface area contributed by atoms with Gasteiger partial charge in [0.15, 0.2) is 0 Å². The van der Waals surface area contributed by atoms with Crippen LogP contribution in [0, 0.1) is 5.82 Å². The highest BCUT2D eigenvalue weighted by Crippen LogP contribution is 2.32. The molecule has 0 aliphatic rings. The zero-order valence-corrected chi connectivity index (χ0v) is 11.1. The van der Waals surface area contributed by atoms with Gasteiger partial charge in [0.05, 0.1) is 20.8 Å². The van der Waals surface area contributed by atoms with E-state index < -0.39 is 22.9 Å². The topological polar surface area (TPSA) is 75.1 Å². The van der Waals surface area contributed by atoms with E-state index in [1.165, 1.54) is 6.07 Å². The SMILES string of the molecule is O=c1[nH]c(=O)n(-c2cc(Cl)c(Cl)cc2Cl)c(O)c1F. The van der Waals surface area contributed by atoms with Crippen LogP contribution in [-0.2, 0) is 0 Å². The second-order valence-electron chi connectivity index (χ2n) is 3.45. The van der Waals surface area contributed by atoms with E-state index in [1.54, 1.807) is 4.98 Å². The minimum atomic E-state index is -1.51. The average Bonchev–Trinajstić information content (AvgIpc) is 2.33. The van der Waals surface area contributed by atoms with Crippen molar-refractivity contribution >= 4 is 34.8 Å². The molecule has 5 nitrogen and oxygen atoms in total. The van der Waals surface area contributed by atoms with Crippen molar-refractivity contribution in [2.75, 3.05) is 0 Å². The van der Waals surface area contributed by atoms with Crippen molar-refractivity contribution in [3.05, 3.63) is 53.9 Å². The first-order valence-electron chi connectivity index (χ1n) is 4.71. The summed E-state index contributed by atoms with van der Waals surface area (Å²) in [7, 11) is 0. The first kappa shape index (κ1) is 13.9. The predicted molar refractivity (Wildman–Crippen MR) is 69.3 cm³/mol. The normalized spacial score (nSPS) is 10.7. The summed E-state index contributed by atoms with van der Waals surface area (Å²) in [5.74, 6) is -2.68. The summed E-state index contributed by atoms with van der Waals surface area (Å²) in [5, 5.41) is 9.63. The summed E-state index contributed by atoms with van der Waals surface area (Å²) in [6.45, 7) is 0. The van der Waals surface area contributed by atoms with Gasteiger partial charge in [-0.25, -0.2) is 9.36 Å². The van der Waals surface area contributed by atoms with Crippen LogP contribution < -0.4 is 11.2 Å². The van der Waals surface area contributed by atoms with Gasteiger partial charge in [-0.3, -0.25) is 9.78 Å². The number of aromatic hydroxyl groups is 1. The molecular formula is C10H4Cl3FN2O3. The van der Waals surface area contributed by atoms with Crippen LogP contribution in [0.1, 0.15) is 0 Å². The quantitative estimate of drug-likeness (QED) is 0.790. The Bertz CT molecular complexity index is 785. The molecule has 0 atom stereocenters. The molecule has 2 N–H and O–H groups in total. The fourth-order valence-electron chi connectivity index (χ4n) is 1.41. The van der Waals surface area contributed by atoms with Crippen molar-refractivity contribution in [2.45, 2.75) is 0 Å². The smallest absolute Gasteiger partial charge is 0.335 e. The molecule has 0 aliphatic heterocycles. The average molecular weight is 326 g/mol. The van der Waals surface area contributed by atoms with Gasteiger partial charge < -0.3 is 5.11 Å². The summed E-state index contributed by atoms with van der Waals surface area (Å²) in [4.78, 5) is 24.3. The third-order valence-electron chi connectivity index (χ3n) is 2.26. The van der Waals surface area contributed by atoms with E-state index in [4.69, 9.17) is 34.8 Å². The highest BCUT2D eigenvalue weighted by Gasteiger charge is 2.18.